The van der Waals surface area contributed by atoms with Gasteiger partial charge in [-0.15, -0.1) is 0 Å². The zero-order chi connectivity index (χ0) is 13.0. The van der Waals surface area contributed by atoms with Gasteiger partial charge in [-0.1, -0.05) is 26.2 Å². The van der Waals surface area contributed by atoms with Crippen LogP contribution < -0.4 is 11.1 Å². The van der Waals surface area contributed by atoms with Crippen LogP contribution in [0.5, 0.6) is 0 Å². The highest BCUT2D eigenvalue weighted by Crippen LogP contribution is 2.34. The predicted molar refractivity (Wildman–Crippen MR) is 72.2 cm³/mol. The molecule has 98 valence electrons. The van der Waals surface area contributed by atoms with E-state index in [4.69, 9.17) is 5.73 Å². The number of hydrogen-bond donors (Lipinski definition) is 2. The Labute approximate surface area is 108 Å². The summed E-state index contributed by atoms with van der Waals surface area (Å²) in [5, 5.41) is 2.97. The third-order valence-corrected chi connectivity index (χ3v) is 3.79. The van der Waals surface area contributed by atoms with E-state index in [-0.39, 0.29) is 11.3 Å². The molecule has 1 aromatic heterocycles. The Hall–Kier alpha value is -1.58. The van der Waals surface area contributed by atoms with Gasteiger partial charge in [-0.05, 0) is 30.4 Å². The zero-order valence-electron chi connectivity index (χ0n) is 10.9. The highest BCUT2D eigenvalue weighted by molar-refractivity contribution is 5.96. The Morgan fingerprint density at radius 2 is 2.17 bits per heavy atom. The normalized spacial score (nSPS) is 18.3. The van der Waals surface area contributed by atoms with Crippen molar-refractivity contribution in [1.29, 1.82) is 0 Å². The summed E-state index contributed by atoms with van der Waals surface area (Å²) in [6.45, 7) is 2.95. The molecule has 1 aliphatic carbocycles. The van der Waals surface area contributed by atoms with Gasteiger partial charge in [0.15, 0.2) is 5.69 Å². The minimum absolute atomic E-state index is 0.167. The lowest BCUT2D eigenvalue weighted by atomic mass is 9.76. The highest BCUT2D eigenvalue weighted by Gasteiger charge is 2.27. The molecule has 0 bridgehead atoms. The molecule has 1 aromatic rings. The lowest BCUT2D eigenvalue weighted by Gasteiger charge is -2.33. The molecule has 1 heterocycles. The summed E-state index contributed by atoms with van der Waals surface area (Å²) in [6, 6.07) is 3.43. The van der Waals surface area contributed by atoms with Gasteiger partial charge in [0.1, 0.15) is 0 Å². The number of nitrogens with zero attached hydrogens (tertiary/aromatic N) is 1. The fourth-order valence-electron chi connectivity index (χ4n) is 2.57. The summed E-state index contributed by atoms with van der Waals surface area (Å²) < 4.78 is 0. The van der Waals surface area contributed by atoms with Gasteiger partial charge in [-0.2, -0.15) is 0 Å². The summed E-state index contributed by atoms with van der Waals surface area (Å²) in [7, 11) is 0. The average molecular weight is 247 g/mol. The maximum Gasteiger partial charge on any atom is 0.272 e. The van der Waals surface area contributed by atoms with E-state index in [0.29, 0.717) is 17.9 Å². The average Bonchev–Trinajstić information content (AvgIpc) is 2.38. The van der Waals surface area contributed by atoms with Gasteiger partial charge in [0.2, 0.25) is 0 Å². The number of aromatic nitrogens is 1. The van der Waals surface area contributed by atoms with E-state index < -0.39 is 0 Å². The quantitative estimate of drug-likeness (QED) is 0.861. The third-order valence-electron chi connectivity index (χ3n) is 3.79. The molecule has 4 nitrogen and oxygen atoms in total. The Morgan fingerprint density at radius 1 is 1.44 bits per heavy atom. The molecule has 1 saturated carbocycles. The fourth-order valence-corrected chi connectivity index (χ4v) is 2.57. The second-order valence-electron chi connectivity index (χ2n) is 5.50. The van der Waals surface area contributed by atoms with Crippen LogP contribution in [-0.4, -0.2) is 17.4 Å². The van der Waals surface area contributed by atoms with Crippen LogP contribution in [0.15, 0.2) is 18.3 Å². The topological polar surface area (TPSA) is 68.0 Å². The van der Waals surface area contributed by atoms with Crippen molar-refractivity contribution >= 4 is 11.6 Å². The van der Waals surface area contributed by atoms with E-state index in [1.165, 1.54) is 32.1 Å². The molecular formula is C14H21N3O. The van der Waals surface area contributed by atoms with Crippen molar-refractivity contribution in [2.75, 3.05) is 12.3 Å². The highest BCUT2D eigenvalue weighted by atomic mass is 16.1. The van der Waals surface area contributed by atoms with Crippen molar-refractivity contribution in [2.24, 2.45) is 5.41 Å². The van der Waals surface area contributed by atoms with Crippen LogP contribution in [-0.2, 0) is 0 Å². The number of anilines is 1. The molecule has 0 aromatic carbocycles. The van der Waals surface area contributed by atoms with Gasteiger partial charge < -0.3 is 11.1 Å². The Balaban J connectivity index is 1.94. The van der Waals surface area contributed by atoms with Crippen molar-refractivity contribution < 1.29 is 4.79 Å². The number of rotatable bonds is 3. The Bertz CT molecular complexity index is 425. The summed E-state index contributed by atoms with van der Waals surface area (Å²) in [5.74, 6) is -0.167. The van der Waals surface area contributed by atoms with Crippen molar-refractivity contribution in [3.05, 3.63) is 24.0 Å². The van der Waals surface area contributed by atoms with Gasteiger partial charge in [0.25, 0.3) is 5.91 Å². The van der Waals surface area contributed by atoms with Gasteiger partial charge >= 0.3 is 0 Å². The molecule has 0 aliphatic heterocycles. The molecule has 0 spiro atoms. The molecular weight excluding hydrogens is 226 g/mol. The SMILES string of the molecule is CC1(CNC(=O)c2ncccc2N)CCCCC1. The monoisotopic (exact) mass is 247 g/mol. The molecule has 3 N–H and O–H groups in total. The molecule has 1 aliphatic rings. The minimum Gasteiger partial charge on any atom is -0.397 e. The van der Waals surface area contributed by atoms with Crippen LogP contribution in [0.25, 0.3) is 0 Å². The maximum absolute atomic E-state index is 12.0. The number of carbonyl (C=O) groups excluding carboxylic acids is 1. The van der Waals surface area contributed by atoms with Crippen LogP contribution in [0.1, 0.15) is 49.5 Å². The molecule has 0 unspecified atom stereocenters. The van der Waals surface area contributed by atoms with Crippen molar-refractivity contribution in [2.45, 2.75) is 39.0 Å². The van der Waals surface area contributed by atoms with E-state index in [1.807, 2.05) is 0 Å². The molecule has 0 radical (unpaired) electrons. The second kappa shape index (κ2) is 5.38. The van der Waals surface area contributed by atoms with Crippen molar-refractivity contribution in [3.63, 3.8) is 0 Å². The molecule has 2 rings (SSSR count). The van der Waals surface area contributed by atoms with Gasteiger partial charge in [0, 0.05) is 12.7 Å². The number of pyridine rings is 1. The number of nitrogens with one attached hydrogen (secondary N) is 1. The van der Waals surface area contributed by atoms with Crippen molar-refractivity contribution in [3.8, 4) is 0 Å². The van der Waals surface area contributed by atoms with Gasteiger partial charge in [-0.3, -0.25) is 4.79 Å². The smallest absolute Gasteiger partial charge is 0.272 e. The van der Waals surface area contributed by atoms with E-state index in [0.717, 1.165) is 0 Å². The first-order valence-electron chi connectivity index (χ1n) is 6.59. The Morgan fingerprint density at radius 3 is 2.83 bits per heavy atom. The third kappa shape index (κ3) is 3.00. The zero-order valence-corrected chi connectivity index (χ0v) is 10.9. The first-order valence-corrected chi connectivity index (χ1v) is 6.59. The summed E-state index contributed by atoms with van der Waals surface area (Å²) in [4.78, 5) is 16.0. The minimum atomic E-state index is -0.167. The molecule has 18 heavy (non-hydrogen) atoms. The maximum atomic E-state index is 12.0. The number of amides is 1. The predicted octanol–water partition coefficient (Wildman–Crippen LogP) is 2.36. The summed E-state index contributed by atoms with van der Waals surface area (Å²) >= 11 is 0. The van der Waals surface area contributed by atoms with E-state index in [2.05, 4.69) is 17.2 Å². The first-order chi connectivity index (χ1) is 8.61. The van der Waals surface area contributed by atoms with Crippen LogP contribution in [0.3, 0.4) is 0 Å². The lowest BCUT2D eigenvalue weighted by molar-refractivity contribution is 0.0915. The van der Waals surface area contributed by atoms with Crippen molar-refractivity contribution in [1.82, 2.24) is 10.3 Å². The van der Waals surface area contributed by atoms with Crippen LogP contribution >= 0.6 is 0 Å². The van der Waals surface area contributed by atoms with E-state index >= 15 is 0 Å². The molecule has 4 heteroatoms. The van der Waals surface area contributed by atoms with Gasteiger partial charge in [-0.25, -0.2) is 4.98 Å². The number of carbonyl (C=O) groups is 1. The Kier molecular flexibility index (Phi) is 3.84. The van der Waals surface area contributed by atoms with E-state index in [9.17, 15) is 4.79 Å². The first kappa shape index (κ1) is 12.9. The standard InChI is InChI=1S/C14H21N3O/c1-14(7-3-2-4-8-14)10-17-13(18)12-11(15)6-5-9-16-12/h5-6,9H,2-4,7-8,10,15H2,1H3,(H,17,18). The molecule has 0 atom stereocenters. The molecule has 1 amide bonds. The molecule has 0 saturated heterocycles. The number of nitrogens with two attached hydrogens (primary N) is 1. The number of nitrogen functional groups attached to an aromatic ring is 1. The lowest BCUT2D eigenvalue weighted by Crippen LogP contribution is -2.37. The number of hydrogen-bond acceptors (Lipinski definition) is 3. The van der Waals surface area contributed by atoms with E-state index in [1.54, 1.807) is 18.3 Å². The van der Waals surface area contributed by atoms with Gasteiger partial charge in [0.05, 0.1) is 5.69 Å². The largest absolute Gasteiger partial charge is 0.397 e. The summed E-state index contributed by atoms with van der Waals surface area (Å²) in [5.41, 5.74) is 6.74. The van der Waals surface area contributed by atoms with Crippen LogP contribution in [0, 0.1) is 5.41 Å². The molecule has 1 fully saturated rings. The summed E-state index contributed by atoms with van der Waals surface area (Å²) in [6.07, 6.45) is 7.80. The fraction of sp³-hybridized carbons (Fsp3) is 0.571. The van der Waals surface area contributed by atoms with Crippen LogP contribution in [0.2, 0.25) is 0 Å². The second-order valence-corrected chi connectivity index (χ2v) is 5.50. The van der Waals surface area contributed by atoms with Crippen LogP contribution in [0.4, 0.5) is 5.69 Å².